The van der Waals surface area contributed by atoms with E-state index in [9.17, 15) is 4.79 Å². The minimum atomic E-state index is -0.0915. The van der Waals surface area contributed by atoms with Crippen molar-refractivity contribution >= 4 is 22.7 Å². The highest BCUT2D eigenvalue weighted by molar-refractivity contribution is 5.95. The molecule has 1 N–H and O–H groups in total. The first-order valence-corrected chi connectivity index (χ1v) is 8.17. The second-order valence-corrected chi connectivity index (χ2v) is 6.51. The second kappa shape index (κ2) is 6.48. The number of nitrogens with one attached hydrogen (secondary N) is 1. The Hall–Kier alpha value is -2.62. The number of hydrogen-bond acceptors (Lipinski definition) is 3. The number of carbonyl (C=O) groups excluding carboxylic acids is 1. The van der Waals surface area contributed by atoms with Gasteiger partial charge in [-0.1, -0.05) is 19.9 Å². The van der Waals surface area contributed by atoms with Crippen molar-refractivity contribution in [1.82, 2.24) is 4.98 Å². The van der Waals surface area contributed by atoms with Gasteiger partial charge in [0.1, 0.15) is 11.4 Å². The number of aryl methyl sites for hydroxylation is 2. The van der Waals surface area contributed by atoms with Crippen molar-refractivity contribution in [3.05, 3.63) is 59.0 Å². The third kappa shape index (κ3) is 3.18. The predicted octanol–water partition coefficient (Wildman–Crippen LogP) is 4.75. The maximum atomic E-state index is 12.4. The summed E-state index contributed by atoms with van der Waals surface area (Å²) in [6, 6.07) is 7.97. The molecule has 0 spiro atoms. The fraction of sp³-hybridized carbons (Fsp3) is 0.300. The first-order valence-electron chi connectivity index (χ1n) is 8.17. The van der Waals surface area contributed by atoms with Gasteiger partial charge in [0.05, 0.1) is 12.7 Å². The first kappa shape index (κ1) is 16.2. The average Bonchev–Trinajstić information content (AvgIpc) is 2.90. The molecule has 24 heavy (non-hydrogen) atoms. The van der Waals surface area contributed by atoms with E-state index in [2.05, 4.69) is 43.2 Å². The molecule has 124 valence electrons. The van der Waals surface area contributed by atoms with Crippen LogP contribution in [0.2, 0.25) is 0 Å². The van der Waals surface area contributed by atoms with E-state index in [0.29, 0.717) is 11.7 Å². The highest BCUT2D eigenvalue weighted by Crippen LogP contribution is 2.29. The molecule has 4 heteroatoms. The van der Waals surface area contributed by atoms with Crippen molar-refractivity contribution in [2.75, 3.05) is 5.32 Å². The number of pyridine rings is 1. The van der Waals surface area contributed by atoms with Crippen LogP contribution in [-0.4, -0.2) is 10.9 Å². The third-order valence-electron chi connectivity index (χ3n) is 4.28. The first-order chi connectivity index (χ1) is 11.5. The van der Waals surface area contributed by atoms with Crippen LogP contribution in [0.25, 0.3) is 11.0 Å². The van der Waals surface area contributed by atoms with E-state index in [4.69, 9.17) is 4.42 Å². The molecule has 0 aliphatic rings. The summed E-state index contributed by atoms with van der Waals surface area (Å²) < 4.78 is 5.64. The average molecular weight is 322 g/mol. The summed E-state index contributed by atoms with van der Waals surface area (Å²) >= 11 is 0. The molecule has 2 heterocycles. The van der Waals surface area contributed by atoms with Crippen LogP contribution in [0, 0.1) is 13.8 Å². The Bertz CT molecular complexity index is 894. The van der Waals surface area contributed by atoms with Gasteiger partial charge < -0.3 is 9.73 Å². The number of furan rings is 1. The van der Waals surface area contributed by atoms with Gasteiger partial charge in [0, 0.05) is 17.1 Å². The molecule has 0 bridgehead atoms. The van der Waals surface area contributed by atoms with Crippen LogP contribution in [0.5, 0.6) is 0 Å². The molecular weight excluding hydrogens is 300 g/mol. The van der Waals surface area contributed by atoms with Gasteiger partial charge in [0.2, 0.25) is 5.91 Å². The Kier molecular flexibility index (Phi) is 4.38. The summed E-state index contributed by atoms with van der Waals surface area (Å²) in [5.74, 6) is 0.947. The summed E-state index contributed by atoms with van der Waals surface area (Å²) in [5.41, 5.74) is 5.17. The quantitative estimate of drug-likeness (QED) is 0.754. The zero-order chi connectivity index (χ0) is 17.3. The molecule has 3 rings (SSSR count). The van der Waals surface area contributed by atoms with Crippen LogP contribution in [0.1, 0.15) is 42.0 Å². The molecule has 0 aliphatic heterocycles. The predicted molar refractivity (Wildman–Crippen MR) is 96.3 cm³/mol. The molecule has 0 radical (unpaired) electrons. The van der Waals surface area contributed by atoms with E-state index in [1.165, 1.54) is 11.1 Å². The number of rotatable bonds is 4. The van der Waals surface area contributed by atoms with Crippen LogP contribution in [0.15, 0.2) is 41.1 Å². The summed E-state index contributed by atoms with van der Waals surface area (Å²) in [6.45, 7) is 8.36. The highest BCUT2D eigenvalue weighted by atomic mass is 16.3. The Balaban J connectivity index is 1.86. The van der Waals surface area contributed by atoms with Gasteiger partial charge in [-0.05, 0) is 54.7 Å². The third-order valence-corrected chi connectivity index (χ3v) is 4.28. The molecule has 1 aromatic carbocycles. The Morgan fingerprint density at radius 2 is 2.04 bits per heavy atom. The number of benzene rings is 1. The summed E-state index contributed by atoms with van der Waals surface area (Å²) in [4.78, 5) is 16.6. The van der Waals surface area contributed by atoms with Gasteiger partial charge in [-0.25, -0.2) is 4.98 Å². The minimum Gasteiger partial charge on any atom is -0.464 e. The monoisotopic (exact) mass is 322 g/mol. The maximum absolute atomic E-state index is 12.4. The van der Waals surface area contributed by atoms with E-state index in [0.717, 1.165) is 22.1 Å². The molecule has 2 aromatic heterocycles. The normalized spacial score (nSPS) is 11.2. The highest BCUT2D eigenvalue weighted by Gasteiger charge is 2.14. The lowest BCUT2D eigenvalue weighted by molar-refractivity contribution is -0.115. The number of anilines is 1. The topological polar surface area (TPSA) is 55.1 Å². The van der Waals surface area contributed by atoms with Crippen molar-refractivity contribution in [2.45, 2.75) is 40.0 Å². The van der Waals surface area contributed by atoms with Crippen LogP contribution in [-0.2, 0) is 11.2 Å². The van der Waals surface area contributed by atoms with E-state index in [1.807, 2.05) is 19.1 Å². The largest absolute Gasteiger partial charge is 0.464 e. The lowest BCUT2D eigenvalue weighted by Gasteiger charge is -2.10. The van der Waals surface area contributed by atoms with Crippen molar-refractivity contribution in [3.8, 4) is 0 Å². The lowest BCUT2D eigenvalue weighted by Crippen LogP contribution is -2.15. The molecule has 4 nitrogen and oxygen atoms in total. The zero-order valence-corrected chi connectivity index (χ0v) is 14.5. The standard InChI is InChI=1S/C20H22N2O2/c1-12(2)16-10-17-15(11-24-18(17)8-14(16)4)9-19(23)22-20-13(3)6-5-7-21-20/h5-8,10-12H,9H2,1-4H3,(H,21,22,23). The fourth-order valence-electron chi connectivity index (χ4n) is 2.97. The Morgan fingerprint density at radius 1 is 1.25 bits per heavy atom. The SMILES string of the molecule is Cc1cc2occ(CC(=O)Nc3ncccc3C)c2cc1C(C)C. The summed E-state index contributed by atoms with van der Waals surface area (Å²) in [5, 5.41) is 3.88. The molecule has 0 fully saturated rings. The number of carbonyl (C=O) groups is 1. The van der Waals surface area contributed by atoms with Gasteiger partial charge in [0.15, 0.2) is 0 Å². The number of amides is 1. The molecule has 0 aliphatic carbocycles. The number of nitrogens with zero attached hydrogens (tertiary/aromatic N) is 1. The van der Waals surface area contributed by atoms with E-state index >= 15 is 0 Å². The van der Waals surface area contributed by atoms with Crippen molar-refractivity contribution in [2.24, 2.45) is 0 Å². The number of aromatic nitrogens is 1. The second-order valence-electron chi connectivity index (χ2n) is 6.51. The lowest BCUT2D eigenvalue weighted by atomic mass is 9.95. The number of hydrogen-bond donors (Lipinski definition) is 1. The Labute approximate surface area is 141 Å². The molecule has 0 saturated carbocycles. The van der Waals surface area contributed by atoms with Crippen molar-refractivity contribution < 1.29 is 9.21 Å². The number of fused-ring (bicyclic) bond motifs is 1. The molecule has 0 atom stereocenters. The van der Waals surface area contributed by atoms with Gasteiger partial charge in [-0.3, -0.25) is 4.79 Å². The van der Waals surface area contributed by atoms with Crippen molar-refractivity contribution in [3.63, 3.8) is 0 Å². The zero-order valence-electron chi connectivity index (χ0n) is 14.5. The van der Waals surface area contributed by atoms with Gasteiger partial charge >= 0.3 is 0 Å². The molecule has 0 unspecified atom stereocenters. The van der Waals surface area contributed by atoms with Gasteiger partial charge in [0.25, 0.3) is 0 Å². The van der Waals surface area contributed by atoms with Crippen LogP contribution in [0.3, 0.4) is 0 Å². The van der Waals surface area contributed by atoms with Crippen LogP contribution >= 0.6 is 0 Å². The van der Waals surface area contributed by atoms with Crippen LogP contribution < -0.4 is 5.32 Å². The van der Waals surface area contributed by atoms with Crippen molar-refractivity contribution in [1.29, 1.82) is 0 Å². The van der Waals surface area contributed by atoms with E-state index in [1.54, 1.807) is 12.5 Å². The molecule has 1 amide bonds. The van der Waals surface area contributed by atoms with Gasteiger partial charge in [-0.2, -0.15) is 0 Å². The maximum Gasteiger partial charge on any atom is 0.230 e. The molecule has 0 saturated heterocycles. The van der Waals surface area contributed by atoms with Crippen LogP contribution in [0.4, 0.5) is 5.82 Å². The Morgan fingerprint density at radius 3 is 2.75 bits per heavy atom. The summed E-state index contributed by atoms with van der Waals surface area (Å²) in [7, 11) is 0. The molecular formula is C20H22N2O2. The van der Waals surface area contributed by atoms with Gasteiger partial charge in [-0.15, -0.1) is 0 Å². The minimum absolute atomic E-state index is 0.0915. The fourth-order valence-corrected chi connectivity index (χ4v) is 2.97. The molecule has 3 aromatic rings. The summed E-state index contributed by atoms with van der Waals surface area (Å²) in [6.07, 6.45) is 3.62. The van der Waals surface area contributed by atoms with E-state index in [-0.39, 0.29) is 12.3 Å². The van der Waals surface area contributed by atoms with E-state index < -0.39 is 0 Å². The smallest absolute Gasteiger partial charge is 0.230 e.